The lowest BCUT2D eigenvalue weighted by Gasteiger charge is -2.36. The van der Waals surface area contributed by atoms with E-state index in [4.69, 9.17) is 10.8 Å². The van der Waals surface area contributed by atoms with Gasteiger partial charge in [-0.3, -0.25) is 9.69 Å². The third-order valence-corrected chi connectivity index (χ3v) is 3.42. The molecule has 0 radical (unpaired) electrons. The maximum absolute atomic E-state index is 12.4. The lowest BCUT2D eigenvalue weighted by molar-refractivity contribution is -0.135. The predicted molar refractivity (Wildman–Crippen MR) is 76.1 cm³/mol. The Kier molecular flexibility index (Phi) is 6.74. The quantitative estimate of drug-likeness (QED) is 0.595. The fourth-order valence-electron chi connectivity index (χ4n) is 2.42. The van der Waals surface area contributed by atoms with Crippen molar-refractivity contribution in [2.24, 2.45) is 11.7 Å². The number of rotatable bonds is 6. The van der Waals surface area contributed by atoms with Gasteiger partial charge in [-0.25, -0.2) is 4.79 Å². The number of β-amino-alcohol motifs (C(OH)–C–C–N with tert-alkyl or cyclic N) is 1. The van der Waals surface area contributed by atoms with E-state index in [-0.39, 0.29) is 12.5 Å². The molecule has 116 valence electrons. The van der Waals surface area contributed by atoms with Gasteiger partial charge in [0.1, 0.15) is 6.04 Å². The van der Waals surface area contributed by atoms with Gasteiger partial charge in [0.05, 0.1) is 6.61 Å². The molecule has 0 bridgehead atoms. The van der Waals surface area contributed by atoms with Crippen LogP contribution in [-0.2, 0) is 4.79 Å². The number of carbonyl (C=O) groups is 2. The Morgan fingerprint density at radius 3 is 2.30 bits per heavy atom. The number of aliphatic hydroxyl groups excluding tert-OH is 1. The van der Waals surface area contributed by atoms with E-state index in [1.54, 1.807) is 4.90 Å². The molecule has 3 amide bonds. The van der Waals surface area contributed by atoms with Gasteiger partial charge >= 0.3 is 6.03 Å². The van der Waals surface area contributed by atoms with E-state index in [1.165, 1.54) is 0 Å². The van der Waals surface area contributed by atoms with Gasteiger partial charge < -0.3 is 21.1 Å². The third-order valence-electron chi connectivity index (χ3n) is 3.42. The molecule has 0 aromatic carbocycles. The number of amides is 3. The van der Waals surface area contributed by atoms with Crippen LogP contribution in [0.25, 0.3) is 0 Å². The first-order valence-corrected chi connectivity index (χ1v) is 7.12. The molecule has 1 unspecified atom stereocenters. The van der Waals surface area contributed by atoms with Crippen molar-refractivity contribution < 1.29 is 14.7 Å². The average molecular weight is 286 g/mol. The molecule has 0 spiro atoms. The number of aliphatic hydroxyl groups is 1. The number of primary amides is 1. The second-order valence-corrected chi connectivity index (χ2v) is 5.58. The van der Waals surface area contributed by atoms with Crippen molar-refractivity contribution in [2.75, 3.05) is 39.3 Å². The molecule has 20 heavy (non-hydrogen) atoms. The molecule has 1 aliphatic rings. The molecule has 1 saturated heterocycles. The summed E-state index contributed by atoms with van der Waals surface area (Å²) in [5.41, 5.74) is 5.14. The lowest BCUT2D eigenvalue weighted by atomic mass is 10.0. The number of carbonyl (C=O) groups excluding carboxylic acids is 2. The normalized spacial score (nSPS) is 18.1. The highest BCUT2D eigenvalue weighted by Gasteiger charge is 2.28. The second-order valence-electron chi connectivity index (χ2n) is 5.58. The van der Waals surface area contributed by atoms with Crippen LogP contribution in [0.3, 0.4) is 0 Å². The van der Waals surface area contributed by atoms with Gasteiger partial charge in [-0.2, -0.15) is 0 Å². The summed E-state index contributed by atoms with van der Waals surface area (Å²) in [7, 11) is 0. The van der Waals surface area contributed by atoms with Crippen molar-refractivity contribution in [1.82, 2.24) is 15.1 Å². The molecule has 4 N–H and O–H groups in total. The van der Waals surface area contributed by atoms with Crippen LogP contribution in [0.4, 0.5) is 4.79 Å². The van der Waals surface area contributed by atoms with Crippen molar-refractivity contribution in [1.29, 1.82) is 0 Å². The molecule has 0 aromatic rings. The Hall–Kier alpha value is -1.34. The molecule has 1 atom stereocenters. The first-order chi connectivity index (χ1) is 9.43. The Morgan fingerprint density at radius 1 is 1.25 bits per heavy atom. The summed E-state index contributed by atoms with van der Waals surface area (Å²) in [5, 5.41) is 11.4. The molecule has 1 fully saturated rings. The van der Waals surface area contributed by atoms with Crippen LogP contribution in [0, 0.1) is 5.92 Å². The molecule has 1 heterocycles. The average Bonchev–Trinajstić information content (AvgIpc) is 2.37. The summed E-state index contributed by atoms with van der Waals surface area (Å²) >= 11 is 0. The standard InChI is InChI=1S/C13H26N4O3/c1-10(2)9-11(15-13(14)20)12(19)17-5-3-16(4-6-17)7-8-18/h10-11,18H,3-9H2,1-2H3,(H3,14,15,20). The topological polar surface area (TPSA) is 98.9 Å². The predicted octanol–water partition coefficient (Wildman–Crippen LogP) is -0.794. The molecule has 0 aromatic heterocycles. The maximum atomic E-state index is 12.4. The lowest BCUT2D eigenvalue weighted by Crippen LogP contribution is -2.56. The zero-order valence-electron chi connectivity index (χ0n) is 12.3. The van der Waals surface area contributed by atoms with Crippen LogP contribution >= 0.6 is 0 Å². The zero-order chi connectivity index (χ0) is 15.1. The minimum absolute atomic E-state index is 0.0684. The van der Waals surface area contributed by atoms with E-state index >= 15 is 0 Å². The molecule has 0 aliphatic carbocycles. The third kappa shape index (κ3) is 5.34. The monoisotopic (exact) mass is 286 g/mol. The zero-order valence-corrected chi connectivity index (χ0v) is 12.3. The van der Waals surface area contributed by atoms with Crippen LogP contribution in [0.5, 0.6) is 0 Å². The Bertz CT molecular complexity index is 328. The minimum atomic E-state index is -0.664. The van der Waals surface area contributed by atoms with E-state index in [2.05, 4.69) is 10.2 Å². The number of piperazine rings is 1. The van der Waals surface area contributed by atoms with Gasteiger partial charge in [-0.15, -0.1) is 0 Å². The van der Waals surface area contributed by atoms with Crippen LogP contribution in [0.1, 0.15) is 20.3 Å². The summed E-state index contributed by atoms with van der Waals surface area (Å²) in [6.45, 7) is 7.50. The number of hydrogen-bond acceptors (Lipinski definition) is 4. The summed E-state index contributed by atoms with van der Waals surface area (Å²) in [6.07, 6.45) is 0.582. The number of nitrogens with one attached hydrogen (secondary N) is 1. The maximum Gasteiger partial charge on any atom is 0.312 e. The van der Waals surface area contributed by atoms with Crippen LogP contribution < -0.4 is 11.1 Å². The Morgan fingerprint density at radius 2 is 1.85 bits per heavy atom. The Labute approximate surface area is 120 Å². The summed E-state index contributed by atoms with van der Waals surface area (Å²) in [4.78, 5) is 27.3. The first-order valence-electron chi connectivity index (χ1n) is 7.12. The minimum Gasteiger partial charge on any atom is -0.395 e. The van der Waals surface area contributed by atoms with E-state index in [0.717, 1.165) is 13.1 Å². The fraction of sp³-hybridized carbons (Fsp3) is 0.846. The smallest absolute Gasteiger partial charge is 0.312 e. The van der Waals surface area contributed by atoms with Gasteiger partial charge in [0.15, 0.2) is 0 Å². The van der Waals surface area contributed by atoms with E-state index < -0.39 is 12.1 Å². The van der Waals surface area contributed by atoms with E-state index in [0.29, 0.717) is 32.0 Å². The molecule has 0 saturated carbocycles. The highest BCUT2D eigenvalue weighted by molar-refractivity contribution is 5.86. The van der Waals surface area contributed by atoms with Crippen molar-refractivity contribution >= 4 is 11.9 Å². The van der Waals surface area contributed by atoms with Gasteiger partial charge in [0, 0.05) is 32.7 Å². The van der Waals surface area contributed by atoms with Gasteiger partial charge in [0.2, 0.25) is 5.91 Å². The van der Waals surface area contributed by atoms with Crippen LogP contribution in [0.2, 0.25) is 0 Å². The van der Waals surface area contributed by atoms with Gasteiger partial charge in [0.25, 0.3) is 0 Å². The largest absolute Gasteiger partial charge is 0.395 e. The Balaban J connectivity index is 2.54. The molecular formula is C13H26N4O3. The molecule has 7 heteroatoms. The number of urea groups is 1. The fourth-order valence-corrected chi connectivity index (χ4v) is 2.42. The highest BCUT2D eigenvalue weighted by Crippen LogP contribution is 2.10. The number of hydrogen-bond donors (Lipinski definition) is 3. The molecule has 1 rings (SSSR count). The summed E-state index contributed by atoms with van der Waals surface area (Å²) < 4.78 is 0. The van der Waals surface area contributed by atoms with Crippen LogP contribution in [0.15, 0.2) is 0 Å². The van der Waals surface area contributed by atoms with E-state index in [9.17, 15) is 9.59 Å². The van der Waals surface area contributed by atoms with Crippen molar-refractivity contribution in [3.63, 3.8) is 0 Å². The summed E-state index contributed by atoms with van der Waals surface area (Å²) in [6, 6.07) is -1.21. The van der Waals surface area contributed by atoms with Crippen LogP contribution in [-0.4, -0.2) is 72.2 Å². The molecule has 7 nitrogen and oxygen atoms in total. The molecule has 1 aliphatic heterocycles. The van der Waals surface area contributed by atoms with Crippen molar-refractivity contribution in [3.8, 4) is 0 Å². The number of nitrogens with two attached hydrogens (primary N) is 1. The number of nitrogens with zero attached hydrogens (tertiary/aromatic N) is 2. The van der Waals surface area contributed by atoms with Gasteiger partial charge in [-0.1, -0.05) is 13.8 Å². The first kappa shape index (κ1) is 16.7. The SMILES string of the molecule is CC(C)CC(NC(N)=O)C(=O)N1CCN(CCO)CC1. The molecular weight excluding hydrogens is 260 g/mol. The summed E-state index contributed by atoms with van der Waals surface area (Å²) in [5.74, 6) is 0.229. The second kappa shape index (κ2) is 8.06. The van der Waals surface area contributed by atoms with Crippen molar-refractivity contribution in [2.45, 2.75) is 26.3 Å². The van der Waals surface area contributed by atoms with Crippen molar-refractivity contribution in [3.05, 3.63) is 0 Å². The highest BCUT2D eigenvalue weighted by atomic mass is 16.3. The van der Waals surface area contributed by atoms with E-state index in [1.807, 2.05) is 13.8 Å². The van der Waals surface area contributed by atoms with Gasteiger partial charge in [-0.05, 0) is 12.3 Å².